The fourth-order valence-corrected chi connectivity index (χ4v) is 2.87. The normalized spacial score (nSPS) is 11.5. The smallest absolute Gasteiger partial charge is 0.338 e. The van der Waals surface area contributed by atoms with E-state index in [-0.39, 0.29) is 11.1 Å². The predicted molar refractivity (Wildman–Crippen MR) is 96.8 cm³/mol. The van der Waals surface area contributed by atoms with Gasteiger partial charge in [-0.25, -0.2) is 4.79 Å². The molecule has 0 saturated heterocycles. The molecule has 0 aromatic heterocycles. The van der Waals surface area contributed by atoms with E-state index in [0.717, 1.165) is 19.2 Å². The topological polar surface area (TPSA) is 98.5 Å². The monoisotopic (exact) mass is 396 g/mol. The van der Waals surface area contributed by atoms with Crippen molar-refractivity contribution in [2.75, 3.05) is 7.11 Å². The van der Waals surface area contributed by atoms with Gasteiger partial charge in [-0.3, -0.25) is 14.9 Å². The molecule has 0 fully saturated rings. The number of nitrogens with zero attached hydrogens (tertiary/aromatic N) is 1. The summed E-state index contributed by atoms with van der Waals surface area (Å²) in [6, 6.07) is 7.71. The Hall–Kier alpha value is -2.64. The Bertz CT molecular complexity index is 885. The van der Waals surface area contributed by atoms with Gasteiger partial charge in [-0.15, -0.1) is 0 Å². The molecule has 0 unspecified atom stereocenters. The number of hydrogen-bond donors (Lipinski definition) is 1. The number of benzene rings is 2. The molecule has 9 heteroatoms. The Morgan fingerprint density at radius 3 is 2.38 bits per heavy atom. The van der Waals surface area contributed by atoms with Gasteiger partial charge in [-0.05, 0) is 30.7 Å². The number of rotatable bonds is 5. The van der Waals surface area contributed by atoms with Crippen molar-refractivity contribution in [2.24, 2.45) is 0 Å². The third-order valence-electron chi connectivity index (χ3n) is 3.59. The fraction of sp³-hybridized carbons (Fsp3) is 0.176. The molecule has 1 amide bonds. The van der Waals surface area contributed by atoms with Crippen molar-refractivity contribution in [3.63, 3.8) is 0 Å². The van der Waals surface area contributed by atoms with Crippen molar-refractivity contribution in [2.45, 2.75) is 13.0 Å². The van der Waals surface area contributed by atoms with Crippen LogP contribution in [0.5, 0.6) is 0 Å². The molecule has 1 atom stereocenters. The molecule has 0 aliphatic rings. The third-order valence-corrected chi connectivity index (χ3v) is 4.15. The average Bonchev–Trinajstić information content (AvgIpc) is 2.60. The molecule has 0 radical (unpaired) electrons. The van der Waals surface area contributed by atoms with Crippen LogP contribution in [0.2, 0.25) is 10.0 Å². The van der Waals surface area contributed by atoms with E-state index >= 15 is 0 Å². The molecule has 0 heterocycles. The minimum Gasteiger partial charge on any atom is -0.465 e. The molecule has 1 N–H and O–H groups in total. The summed E-state index contributed by atoms with van der Waals surface area (Å²) in [6.07, 6.45) is 0. The van der Waals surface area contributed by atoms with Crippen LogP contribution in [0.25, 0.3) is 0 Å². The number of esters is 1. The number of nitrogens with one attached hydrogen (secondary N) is 1. The van der Waals surface area contributed by atoms with Crippen LogP contribution < -0.4 is 5.32 Å². The van der Waals surface area contributed by atoms with Gasteiger partial charge in [0.2, 0.25) is 0 Å². The van der Waals surface area contributed by atoms with E-state index in [1.807, 2.05) is 0 Å². The number of ether oxygens (including phenoxy) is 1. The lowest BCUT2D eigenvalue weighted by atomic mass is 10.1. The van der Waals surface area contributed by atoms with Crippen LogP contribution in [0, 0.1) is 10.1 Å². The van der Waals surface area contributed by atoms with Gasteiger partial charge in [0.05, 0.1) is 23.6 Å². The summed E-state index contributed by atoms with van der Waals surface area (Å²) < 4.78 is 4.56. The van der Waals surface area contributed by atoms with Crippen molar-refractivity contribution in [3.05, 3.63) is 73.2 Å². The Labute approximate surface area is 159 Å². The molecule has 136 valence electrons. The molecule has 26 heavy (non-hydrogen) atoms. The van der Waals surface area contributed by atoms with Gasteiger partial charge < -0.3 is 10.1 Å². The molecule has 2 aromatic rings. The molecule has 0 spiro atoms. The molecular weight excluding hydrogens is 383 g/mol. The largest absolute Gasteiger partial charge is 0.465 e. The van der Waals surface area contributed by atoms with Crippen molar-refractivity contribution in [3.8, 4) is 0 Å². The number of amides is 1. The Balaban J connectivity index is 2.32. The second-order valence-electron chi connectivity index (χ2n) is 5.38. The molecule has 2 aromatic carbocycles. The number of non-ortho nitro benzene ring substituents is 1. The highest BCUT2D eigenvalue weighted by Gasteiger charge is 2.20. The maximum atomic E-state index is 12.5. The zero-order chi connectivity index (χ0) is 19.4. The van der Waals surface area contributed by atoms with E-state index in [4.69, 9.17) is 23.2 Å². The summed E-state index contributed by atoms with van der Waals surface area (Å²) in [6.45, 7) is 1.70. The van der Waals surface area contributed by atoms with Crippen LogP contribution in [-0.2, 0) is 4.74 Å². The van der Waals surface area contributed by atoms with Crippen LogP contribution >= 0.6 is 23.2 Å². The first-order chi connectivity index (χ1) is 12.2. The summed E-state index contributed by atoms with van der Waals surface area (Å²) in [4.78, 5) is 34.5. The highest BCUT2D eigenvalue weighted by molar-refractivity contribution is 6.35. The van der Waals surface area contributed by atoms with Crippen molar-refractivity contribution >= 4 is 40.8 Å². The molecule has 0 aliphatic carbocycles. The quantitative estimate of drug-likeness (QED) is 0.464. The zero-order valence-corrected chi connectivity index (χ0v) is 15.3. The fourth-order valence-electron chi connectivity index (χ4n) is 2.29. The average molecular weight is 397 g/mol. The SMILES string of the molecule is COC(=O)c1cc(C(=O)N[C@@H](C)c2ccc(Cl)cc2Cl)cc([N+](=O)[O-])c1. The maximum Gasteiger partial charge on any atom is 0.338 e. The Kier molecular flexibility index (Phi) is 6.18. The minimum atomic E-state index is -0.781. The van der Waals surface area contributed by atoms with Gasteiger partial charge >= 0.3 is 5.97 Å². The molecular formula is C17H14Cl2N2O5. The Morgan fingerprint density at radius 1 is 1.15 bits per heavy atom. The van der Waals surface area contributed by atoms with Gasteiger partial charge in [-0.1, -0.05) is 29.3 Å². The van der Waals surface area contributed by atoms with Gasteiger partial charge in [0.15, 0.2) is 0 Å². The highest BCUT2D eigenvalue weighted by atomic mass is 35.5. The summed E-state index contributed by atoms with van der Waals surface area (Å²) in [7, 11) is 1.14. The Morgan fingerprint density at radius 2 is 1.81 bits per heavy atom. The second-order valence-corrected chi connectivity index (χ2v) is 6.22. The molecule has 0 saturated carbocycles. The second kappa shape index (κ2) is 8.16. The summed E-state index contributed by atoms with van der Waals surface area (Å²) in [5, 5.41) is 14.6. The third kappa shape index (κ3) is 4.50. The molecule has 0 bridgehead atoms. The first-order valence-electron chi connectivity index (χ1n) is 7.36. The number of halogens is 2. The predicted octanol–water partition coefficient (Wildman–Crippen LogP) is 4.18. The summed E-state index contributed by atoms with van der Waals surface area (Å²) in [5.74, 6) is -1.38. The lowest BCUT2D eigenvalue weighted by molar-refractivity contribution is -0.384. The lowest BCUT2D eigenvalue weighted by Gasteiger charge is -2.16. The zero-order valence-electron chi connectivity index (χ0n) is 13.8. The number of nitro benzene ring substituents is 1. The van der Waals surface area contributed by atoms with Gasteiger partial charge in [0, 0.05) is 27.7 Å². The van der Waals surface area contributed by atoms with Crippen molar-refractivity contribution in [1.29, 1.82) is 0 Å². The number of nitro groups is 1. The lowest BCUT2D eigenvalue weighted by Crippen LogP contribution is -2.27. The van der Waals surface area contributed by atoms with Crippen LogP contribution in [0.3, 0.4) is 0 Å². The molecule has 7 nitrogen and oxygen atoms in total. The minimum absolute atomic E-state index is 0.0449. The number of carbonyl (C=O) groups is 2. The van der Waals surface area contributed by atoms with Crippen LogP contribution in [0.1, 0.15) is 39.2 Å². The van der Waals surface area contributed by atoms with E-state index in [2.05, 4.69) is 10.1 Å². The summed E-state index contributed by atoms with van der Waals surface area (Å²) >= 11 is 12.0. The van der Waals surface area contributed by atoms with E-state index in [1.165, 1.54) is 6.07 Å². The molecule has 0 aliphatic heterocycles. The van der Waals surface area contributed by atoms with E-state index in [9.17, 15) is 19.7 Å². The van der Waals surface area contributed by atoms with Crippen molar-refractivity contribution in [1.82, 2.24) is 5.32 Å². The number of hydrogen-bond acceptors (Lipinski definition) is 5. The van der Waals surface area contributed by atoms with E-state index in [0.29, 0.717) is 15.6 Å². The van der Waals surface area contributed by atoms with Gasteiger partial charge in [-0.2, -0.15) is 0 Å². The van der Waals surface area contributed by atoms with Gasteiger partial charge in [0.25, 0.3) is 11.6 Å². The highest BCUT2D eigenvalue weighted by Crippen LogP contribution is 2.26. The standard InChI is InChI=1S/C17H14Cl2N2O5/c1-9(14-4-3-12(18)8-15(14)19)20-16(22)10-5-11(17(23)26-2)7-13(6-10)21(24)25/h3-9H,1-2H3,(H,20,22)/t9-/m0/s1. The van der Waals surface area contributed by atoms with Crippen molar-refractivity contribution < 1.29 is 19.2 Å². The summed E-state index contributed by atoms with van der Waals surface area (Å²) in [5.41, 5.74) is 0.0961. The van der Waals surface area contributed by atoms with Crippen LogP contribution in [-0.4, -0.2) is 23.9 Å². The van der Waals surface area contributed by atoms with Crippen LogP contribution in [0.4, 0.5) is 5.69 Å². The van der Waals surface area contributed by atoms with Gasteiger partial charge in [0.1, 0.15) is 0 Å². The van der Waals surface area contributed by atoms with E-state index < -0.39 is 28.5 Å². The number of carbonyl (C=O) groups excluding carboxylic acids is 2. The number of methoxy groups -OCH3 is 1. The molecule has 2 rings (SSSR count). The van der Waals surface area contributed by atoms with E-state index in [1.54, 1.807) is 25.1 Å². The maximum absolute atomic E-state index is 12.5. The first kappa shape index (κ1) is 19.7. The van der Waals surface area contributed by atoms with Crippen LogP contribution in [0.15, 0.2) is 36.4 Å². The first-order valence-corrected chi connectivity index (χ1v) is 8.12.